The van der Waals surface area contributed by atoms with Crippen LogP contribution in [0.25, 0.3) is 5.57 Å². The molecule has 1 saturated heterocycles. The summed E-state index contributed by atoms with van der Waals surface area (Å²) in [5.74, 6) is -0.376. The van der Waals surface area contributed by atoms with Crippen LogP contribution in [0, 0.1) is 5.92 Å². The first kappa shape index (κ1) is 26.2. The Labute approximate surface area is 198 Å². The van der Waals surface area contributed by atoms with Crippen LogP contribution in [0.5, 0.6) is 0 Å². The van der Waals surface area contributed by atoms with Gasteiger partial charge in [-0.05, 0) is 77.2 Å². The van der Waals surface area contributed by atoms with Crippen molar-refractivity contribution in [3.63, 3.8) is 0 Å². The molecule has 1 aromatic rings. The van der Waals surface area contributed by atoms with Crippen molar-refractivity contribution in [1.82, 2.24) is 10.2 Å². The van der Waals surface area contributed by atoms with Crippen LogP contribution in [0.15, 0.2) is 52.1 Å². The summed E-state index contributed by atoms with van der Waals surface area (Å²) in [4.78, 5) is 36.3. The molecular formula is C27H38N4O2. The number of hydrogen-bond donors (Lipinski definition) is 1. The average molecular weight is 451 g/mol. The first-order valence-corrected chi connectivity index (χ1v) is 11.7. The molecular weight excluding hydrogens is 412 g/mol. The minimum atomic E-state index is -0.424. The van der Waals surface area contributed by atoms with E-state index in [4.69, 9.17) is 0 Å². The van der Waals surface area contributed by atoms with E-state index in [1.165, 1.54) is 0 Å². The second-order valence-corrected chi connectivity index (χ2v) is 8.74. The second-order valence-electron chi connectivity index (χ2n) is 8.74. The quantitative estimate of drug-likeness (QED) is 0.567. The molecule has 0 aliphatic carbocycles. The molecule has 2 rings (SSSR count). The molecule has 0 radical (unpaired) electrons. The summed E-state index contributed by atoms with van der Waals surface area (Å²) in [5.41, 5.74) is 5.03. The lowest BCUT2D eigenvalue weighted by atomic mass is 9.99. The van der Waals surface area contributed by atoms with E-state index < -0.39 is 6.04 Å². The molecule has 1 aliphatic heterocycles. The summed E-state index contributed by atoms with van der Waals surface area (Å²) < 4.78 is 0. The highest BCUT2D eigenvalue weighted by molar-refractivity contribution is 5.95. The van der Waals surface area contributed by atoms with Crippen molar-refractivity contribution in [2.24, 2.45) is 15.9 Å². The third-order valence-corrected chi connectivity index (χ3v) is 6.32. The van der Waals surface area contributed by atoms with E-state index in [9.17, 15) is 9.59 Å². The number of nitrogens with one attached hydrogen (secondary N) is 1. The first-order chi connectivity index (χ1) is 15.7. The Bertz CT molecular complexity index is 957. The van der Waals surface area contributed by atoms with Crippen LogP contribution in [0.1, 0.15) is 71.6 Å². The third kappa shape index (κ3) is 6.98. The number of nitrogens with zero attached hydrogens (tertiary/aromatic N) is 3. The fourth-order valence-corrected chi connectivity index (χ4v) is 3.95. The number of carbonyl (C=O) groups is 2. The van der Waals surface area contributed by atoms with Gasteiger partial charge in [0.1, 0.15) is 6.04 Å². The Morgan fingerprint density at radius 1 is 1.15 bits per heavy atom. The molecule has 6 nitrogen and oxygen atoms in total. The molecule has 0 bridgehead atoms. The van der Waals surface area contributed by atoms with Gasteiger partial charge in [-0.1, -0.05) is 29.8 Å². The Morgan fingerprint density at radius 3 is 2.42 bits per heavy atom. The Kier molecular flexibility index (Phi) is 9.76. The number of allylic oxidation sites excluding steroid dienone is 2. The van der Waals surface area contributed by atoms with Crippen molar-refractivity contribution in [3.05, 3.63) is 53.2 Å². The van der Waals surface area contributed by atoms with Crippen molar-refractivity contribution >= 4 is 29.3 Å². The van der Waals surface area contributed by atoms with Gasteiger partial charge in [0.25, 0.3) is 0 Å². The van der Waals surface area contributed by atoms with Crippen LogP contribution in [-0.2, 0) is 9.59 Å². The van der Waals surface area contributed by atoms with Crippen molar-refractivity contribution in [2.45, 2.75) is 66.5 Å². The zero-order valence-electron chi connectivity index (χ0n) is 21.1. The monoisotopic (exact) mass is 450 g/mol. The SMILES string of the molecule is CC=N/C=C(\C)c1ccc(C(C)NC(=O)C2CCCN2C(=O)C(C)/C(C)=C/C(C)=NC)cc1. The van der Waals surface area contributed by atoms with Gasteiger partial charge in [-0.25, -0.2) is 0 Å². The van der Waals surface area contributed by atoms with Crippen molar-refractivity contribution in [2.75, 3.05) is 13.6 Å². The van der Waals surface area contributed by atoms with E-state index in [1.54, 1.807) is 18.2 Å². The predicted molar refractivity (Wildman–Crippen MR) is 138 cm³/mol. The lowest BCUT2D eigenvalue weighted by Gasteiger charge is -2.28. The summed E-state index contributed by atoms with van der Waals surface area (Å²) >= 11 is 0. The molecule has 1 aliphatic rings. The van der Waals surface area contributed by atoms with Gasteiger partial charge in [-0.3, -0.25) is 19.6 Å². The zero-order valence-corrected chi connectivity index (χ0v) is 21.1. The van der Waals surface area contributed by atoms with E-state index in [-0.39, 0.29) is 23.8 Å². The van der Waals surface area contributed by atoms with Crippen molar-refractivity contribution in [1.29, 1.82) is 0 Å². The third-order valence-electron chi connectivity index (χ3n) is 6.32. The topological polar surface area (TPSA) is 74.1 Å². The lowest BCUT2D eigenvalue weighted by molar-refractivity contribution is -0.140. The smallest absolute Gasteiger partial charge is 0.243 e. The summed E-state index contributed by atoms with van der Waals surface area (Å²) in [6.07, 6.45) is 7.05. The van der Waals surface area contributed by atoms with E-state index in [2.05, 4.69) is 15.3 Å². The minimum Gasteiger partial charge on any atom is -0.348 e. The van der Waals surface area contributed by atoms with Crippen LogP contribution in [-0.4, -0.2) is 48.3 Å². The van der Waals surface area contributed by atoms with Gasteiger partial charge in [0, 0.05) is 31.7 Å². The molecule has 3 atom stereocenters. The lowest BCUT2D eigenvalue weighted by Crippen LogP contribution is -2.48. The van der Waals surface area contributed by atoms with Gasteiger partial charge in [0.15, 0.2) is 0 Å². The maximum atomic E-state index is 13.2. The van der Waals surface area contributed by atoms with Gasteiger partial charge in [-0.2, -0.15) is 0 Å². The highest BCUT2D eigenvalue weighted by Gasteiger charge is 2.36. The fourth-order valence-electron chi connectivity index (χ4n) is 3.95. The molecule has 6 heteroatoms. The molecule has 1 heterocycles. The maximum Gasteiger partial charge on any atom is 0.243 e. The highest BCUT2D eigenvalue weighted by atomic mass is 16.2. The number of benzene rings is 1. The number of amides is 2. The molecule has 33 heavy (non-hydrogen) atoms. The summed E-state index contributed by atoms with van der Waals surface area (Å²) in [7, 11) is 1.74. The molecule has 1 N–H and O–H groups in total. The van der Waals surface area contributed by atoms with E-state index in [1.807, 2.05) is 78.1 Å². The largest absolute Gasteiger partial charge is 0.348 e. The summed E-state index contributed by atoms with van der Waals surface area (Å²) in [5, 5.41) is 3.11. The average Bonchev–Trinajstić information content (AvgIpc) is 3.31. The zero-order chi connectivity index (χ0) is 24.5. The van der Waals surface area contributed by atoms with Crippen molar-refractivity contribution < 1.29 is 9.59 Å². The van der Waals surface area contributed by atoms with Gasteiger partial charge in [0.2, 0.25) is 11.8 Å². The molecule has 0 spiro atoms. The standard InChI is InChI=1S/C27H38N4O2/c1-8-29-17-19(3)23-11-13-24(14-12-23)22(6)30-26(32)25-10-9-15-31(25)27(33)21(5)18(2)16-20(4)28-7/h8,11-14,16-17,21-22,25H,9-10,15H2,1-7H3,(H,30,32)/b18-16+,19-17+,28-20?,29-8?. The van der Waals surface area contributed by atoms with Crippen LogP contribution in [0.3, 0.4) is 0 Å². The molecule has 2 amide bonds. The highest BCUT2D eigenvalue weighted by Crippen LogP contribution is 2.24. The number of rotatable bonds is 8. The number of aliphatic imine (C=N–C) groups is 2. The Hall–Kier alpha value is -3.02. The normalized spacial score (nSPS) is 19.7. The Balaban J connectivity index is 2.06. The molecule has 178 valence electrons. The van der Waals surface area contributed by atoms with E-state index >= 15 is 0 Å². The number of carbonyl (C=O) groups excluding carboxylic acids is 2. The fraction of sp³-hybridized carbons (Fsp3) is 0.481. The molecule has 1 aromatic carbocycles. The summed E-state index contributed by atoms with van der Waals surface area (Å²) in [6, 6.07) is 7.56. The molecule has 3 unspecified atom stereocenters. The van der Waals surface area contributed by atoms with Crippen LogP contribution in [0.4, 0.5) is 0 Å². The number of likely N-dealkylation sites (tertiary alicyclic amines) is 1. The van der Waals surface area contributed by atoms with Crippen LogP contribution < -0.4 is 5.32 Å². The Morgan fingerprint density at radius 2 is 1.82 bits per heavy atom. The maximum absolute atomic E-state index is 13.2. The molecule has 0 aromatic heterocycles. The predicted octanol–water partition coefficient (Wildman–Crippen LogP) is 4.98. The second kappa shape index (κ2) is 12.3. The van der Waals surface area contributed by atoms with Gasteiger partial charge >= 0.3 is 0 Å². The molecule has 1 fully saturated rings. The summed E-state index contributed by atoms with van der Waals surface area (Å²) in [6.45, 7) is 12.3. The molecule has 0 saturated carbocycles. The van der Waals surface area contributed by atoms with E-state index in [0.29, 0.717) is 13.0 Å². The van der Waals surface area contributed by atoms with Crippen LogP contribution >= 0.6 is 0 Å². The first-order valence-electron chi connectivity index (χ1n) is 11.7. The van der Waals surface area contributed by atoms with Gasteiger partial charge in [0.05, 0.1) is 12.0 Å². The number of hydrogen-bond acceptors (Lipinski definition) is 4. The van der Waals surface area contributed by atoms with Gasteiger partial charge in [-0.15, -0.1) is 0 Å². The van der Waals surface area contributed by atoms with Crippen molar-refractivity contribution in [3.8, 4) is 0 Å². The van der Waals surface area contributed by atoms with Gasteiger partial charge < -0.3 is 10.2 Å². The van der Waals surface area contributed by atoms with Crippen LogP contribution in [0.2, 0.25) is 0 Å². The van der Waals surface area contributed by atoms with E-state index in [0.717, 1.165) is 34.4 Å². The minimum absolute atomic E-state index is 0.000639.